The number of hydrogen-bond acceptors (Lipinski definition) is 4. The van der Waals surface area contributed by atoms with E-state index < -0.39 is 36.8 Å². The van der Waals surface area contributed by atoms with Gasteiger partial charge in [0.2, 0.25) is 0 Å². The van der Waals surface area contributed by atoms with Crippen molar-refractivity contribution in [2.75, 3.05) is 6.61 Å². The minimum Gasteiger partial charge on any atom is -0.483 e. The first-order valence-electron chi connectivity index (χ1n) is 7.75. The van der Waals surface area contributed by atoms with Crippen LogP contribution in [0.5, 0.6) is 11.5 Å². The van der Waals surface area contributed by atoms with E-state index in [1.807, 2.05) is 0 Å². The van der Waals surface area contributed by atoms with Crippen molar-refractivity contribution in [2.45, 2.75) is 25.5 Å². The van der Waals surface area contributed by atoms with Crippen molar-refractivity contribution >= 4 is 5.91 Å². The van der Waals surface area contributed by atoms with Crippen molar-refractivity contribution in [3.8, 4) is 11.5 Å². The van der Waals surface area contributed by atoms with Crippen LogP contribution >= 0.6 is 0 Å². The highest BCUT2D eigenvalue weighted by atomic mass is 19.4. The Balaban J connectivity index is 1.99. The predicted molar refractivity (Wildman–Crippen MR) is 84.8 cm³/mol. The van der Waals surface area contributed by atoms with Crippen molar-refractivity contribution in [1.82, 2.24) is 10.3 Å². The van der Waals surface area contributed by atoms with E-state index >= 15 is 0 Å². The zero-order valence-corrected chi connectivity index (χ0v) is 14.3. The maximum absolute atomic E-state index is 12.3. The Morgan fingerprint density at radius 1 is 1.11 bits per heavy atom. The van der Waals surface area contributed by atoms with Crippen LogP contribution in [0.4, 0.5) is 26.3 Å². The molecule has 2 aromatic rings. The van der Waals surface area contributed by atoms with E-state index in [-0.39, 0.29) is 11.3 Å². The third-order valence-electron chi connectivity index (χ3n) is 3.28. The van der Waals surface area contributed by atoms with Crippen molar-refractivity contribution in [2.24, 2.45) is 0 Å². The van der Waals surface area contributed by atoms with E-state index in [4.69, 9.17) is 0 Å². The van der Waals surface area contributed by atoms with E-state index in [0.29, 0.717) is 5.69 Å². The number of pyridine rings is 1. The van der Waals surface area contributed by atoms with E-state index in [9.17, 15) is 31.1 Å². The van der Waals surface area contributed by atoms with Crippen LogP contribution in [0.1, 0.15) is 29.0 Å². The molecule has 1 N–H and O–H groups in total. The molecule has 2 rings (SSSR count). The fourth-order valence-electron chi connectivity index (χ4n) is 2.09. The zero-order chi connectivity index (χ0) is 20.9. The van der Waals surface area contributed by atoms with E-state index in [2.05, 4.69) is 19.8 Å². The Hall–Kier alpha value is -2.98. The quantitative estimate of drug-likeness (QED) is 0.720. The summed E-state index contributed by atoms with van der Waals surface area (Å²) in [5.74, 6) is -1.33. The average Bonchev–Trinajstić information content (AvgIpc) is 2.58. The third kappa shape index (κ3) is 6.97. The molecule has 1 unspecified atom stereocenters. The molecule has 0 radical (unpaired) electrons. The number of nitrogens with one attached hydrogen (secondary N) is 1. The number of aromatic nitrogens is 1. The molecule has 0 aliphatic rings. The minimum absolute atomic E-state index is 0.0706. The van der Waals surface area contributed by atoms with Crippen molar-refractivity contribution in [3.63, 3.8) is 0 Å². The third-order valence-corrected chi connectivity index (χ3v) is 3.28. The number of halogens is 6. The number of nitrogens with zero attached hydrogens (tertiary/aromatic N) is 1. The van der Waals surface area contributed by atoms with Gasteiger partial charge in [-0.3, -0.25) is 9.78 Å². The van der Waals surface area contributed by atoms with Gasteiger partial charge in [-0.25, -0.2) is 0 Å². The number of amides is 1. The van der Waals surface area contributed by atoms with Crippen LogP contribution in [0, 0.1) is 0 Å². The van der Waals surface area contributed by atoms with Gasteiger partial charge in [-0.05, 0) is 37.3 Å². The highest BCUT2D eigenvalue weighted by Crippen LogP contribution is 2.24. The average molecular weight is 408 g/mol. The Morgan fingerprint density at radius 3 is 2.39 bits per heavy atom. The first kappa shape index (κ1) is 21.3. The molecule has 28 heavy (non-hydrogen) atoms. The lowest BCUT2D eigenvalue weighted by molar-refractivity contribution is -0.274. The van der Waals surface area contributed by atoms with Crippen LogP contribution in [0.3, 0.4) is 0 Å². The van der Waals surface area contributed by atoms with Gasteiger partial charge in [0.1, 0.15) is 11.5 Å². The van der Waals surface area contributed by atoms with Gasteiger partial charge in [0.25, 0.3) is 5.91 Å². The lowest BCUT2D eigenvalue weighted by Gasteiger charge is -2.15. The standard InChI is InChI=1S/C17H14F6N2O3/c1-10(14-6-5-13(8-24-14)27-9-16(18,19)20)25-15(26)11-3-2-4-12(7-11)28-17(21,22)23/h2-8,10H,9H2,1H3,(H,25,26). The summed E-state index contributed by atoms with van der Waals surface area (Å²) >= 11 is 0. The SMILES string of the molecule is CC(NC(=O)c1cccc(OC(F)(F)F)c1)c1ccc(OCC(F)(F)F)cn1. The van der Waals surface area contributed by atoms with Gasteiger partial charge in [-0.1, -0.05) is 6.07 Å². The minimum atomic E-state index is -4.89. The number of benzene rings is 1. The first-order valence-corrected chi connectivity index (χ1v) is 7.75. The largest absolute Gasteiger partial charge is 0.573 e. The summed E-state index contributed by atoms with van der Waals surface area (Å²) in [4.78, 5) is 16.1. The molecule has 0 aliphatic carbocycles. The molecule has 152 valence electrons. The van der Waals surface area contributed by atoms with Crippen molar-refractivity contribution in [3.05, 3.63) is 53.9 Å². The number of hydrogen-bond donors (Lipinski definition) is 1. The molecule has 11 heteroatoms. The molecule has 0 saturated carbocycles. The monoisotopic (exact) mass is 408 g/mol. The molecule has 1 aromatic carbocycles. The van der Waals surface area contributed by atoms with Crippen LogP contribution in [0.15, 0.2) is 42.6 Å². The fraction of sp³-hybridized carbons (Fsp3) is 0.294. The molecule has 1 aromatic heterocycles. The van der Waals surface area contributed by atoms with Gasteiger partial charge >= 0.3 is 12.5 Å². The molecule has 1 atom stereocenters. The van der Waals surface area contributed by atoms with E-state index in [1.165, 1.54) is 24.3 Å². The maximum atomic E-state index is 12.3. The van der Waals surface area contributed by atoms with Gasteiger partial charge in [-0.2, -0.15) is 13.2 Å². The van der Waals surface area contributed by atoms with E-state index in [1.54, 1.807) is 6.92 Å². The summed E-state index contributed by atoms with van der Waals surface area (Å²) in [6.07, 6.45) is -8.30. The number of carbonyl (C=O) groups is 1. The van der Waals surface area contributed by atoms with Crippen LogP contribution in [0.2, 0.25) is 0 Å². The molecule has 1 heterocycles. The lowest BCUT2D eigenvalue weighted by atomic mass is 10.1. The van der Waals surface area contributed by atoms with Crippen molar-refractivity contribution in [1.29, 1.82) is 0 Å². The number of carbonyl (C=O) groups excluding carboxylic acids is 1. The topological polar surface area (TPSA) is 60.5 Å². The van der Waals surface area contributed by atoms with Crippen LogP contribution in [0.25, 0.3) is 0 Å². The van der Waals surface area contributed by atoms with Gasteiger partial charge in [0, 0.05) is 5.56 Å². The lowest BCUT2D eigenvalue weighted by Crippen LogP contribution is -2.27. The Labute approximate surface area is 155 Å². The molecule has 5 nitrogen and oxygen atoms in total. The van der Waals surface area contributed by atoms with Crippen molar-refractivity contribution < 1.29 is 40.6 Å². The molecule has 0 spiro atoms. The number of alkyl halides is 6. The molecule has 0 fully saturated rings. The first-order chi connectivity index (χ1) is 12.9. The molecular formula is C17H14F6N2O3. The van der Waals surface area contributed by atoms with Gasteiger partial charge in [0.05, 0.1) is 17.9 Å². The summed E-state index contributed by atoms with van der Waals surface area (Å²) in [6, 6.07) is 6.45. The number of ether oxygens (including phenoxy) is 2. The molecular weight excluding hydrogens is 394 g/mol. The summed E-state index contributed by atoms with van der Waals surface area (Å²) in [5.41, 5.74) is 0.245. The smallest absolute Gasteiger partial charge is 0.483 e. The Kier molecular flexibility index (Phi) is 6.37. The summed E-state index contributed by atoms with van der Waals surface area (Å²) < 4.78 is 81.4. The highest BCUT2D eigenvalue weighted by molar-refractivity contribution is 5.94. The summed E-state index contributed by atoms with van der Waals surface area (Å²) in [7, 11) is 0. The van der Waals surface area contributed by atoms with Crippen LogP contribution < -0.4 is 14.8 Å². The highest BCUT2D eigenvalue weighted by Gasteiger charge is 2.31. The molecule has 0 aliphatic heterocycles. The van der Waals surface area contributed by atoms with E-state index in [0.717, 1.165) is 18.3 Å². The van der Waals surface area contributed by atoms with Crippen LogP contribution in [-0.4, -0.2) is 30.0 Å². The normalized spacial score (nSPS) is 13.0. The zero-order valence-electron chi connectivity index (χ0n) is 14.3. The summed E-state index contributed by atoms with van der Waals surface area (Å²) in [5, 5.41) is 2.52. The Morgan fingerprint density at radius 2 is 1.82 bits per heavy atom. The second kappa shape index (κ2) is 8.36. The Bertz CT molecular complexity index is 806. The molecule has 1 amide bonds. The van der Waals surface area contributed by atoms with Gasteiger partial charge in [0.15, 0.2) is 6.61 Å². The molecule has 0 bridgehead atoms. The number of rotatable bonds is 6. The maximum Gasteiger partial charge on any atom is 0.573 e. The molecule has 0 saturated heterocycles. The second-order valence-corrected chi connectivity index (χ2v) is 5.59. The van der Waals surface area contributed by atoms with Crippen LogP contribution in [-0.2, 0) is 0 Å². The fourth-order valence-corrected chi connectivity index (χ4v) is 2.09. The predicted octanol–water partition coefficient (Wildman–Crippen LogP) is 4.41. The summed E-state index contributed by atoms with van der Waals surface area (Å²) in [6.45, 7) is 0.0865. The second-order valence-electron chi connectivity index (χ2n) is 5.59. The van der Waals surface area contributed by atoms with Gasteiger partial charge < -0.3 is 14.8 Å². The van der Waals surface area contributed by atoms with Gasteiger partial charge in [-0.15, -0.1) is 13.2 Å².